The Kier molecular flexibility index (Phi) is 7.81. The fraction of sp³-hybridized carbons (Fsp3) is 0.833. The summed E-state index contributed by atoms with van der Waals surface area (Å²) in [6, 6.07) is 0. The van der Waals surface area contributed by atoms with Gasteiger partial charge in [-0.3, -0.25) is 9.59 Å². The highest BCUT2D eigenvalue weighted by molar-refractivity contribution is 6.54. The van der Waals surface area contributed by atoms with E-state index >= 15 is 0 Å². The van der Waals surface area contributed by atoms with Crippen molar-refractivity contribution in [3.63, 3.8) is 0 Å². The van der Waals surface area contributed by atoms with Gasteiger partial charge in [0.15, 0.2) is 15.5 Å². The molecular formula is C12H17Cl4NO2. The van der Waals surface area contributed by atoms with E-state index in [1.54, 1.807) is 4.90 Å². The maximum Gasteiger partial charge on any atom is 0.255 e. The van der Waals surface area contributed by atoms with Gasteiger partial charge in [0, 0.05) is 19.0 Å². The molecule has 1 heterocycles. The predicted molar refractivity (Wildman–Crippen MR) is 79.2 cm³/mol. The van der Waals surface area contributed by atoms with Crippen molar-refractivity contribution in [2.24, 2.45) is 5.92 Å². The molecule has 0 bridgehead atoms. The van der Waals surface area contributed by atoms with Crippen molar-refractivity contribution in [1.29, 1.82) is 0 Å². The lowest BCUT2D eigenvalue weighted by atomic mass is 9.93. The Labute approximate surface area is 133 Å². The molecule has 3 nitrogen and oxygen atoms in total. The topological polar surface area (TPSA) is 37.4 Å². The molecule has 0 saturated carbocycles. The zero-order chi connectivity index (χ0) is 14.4. The number of rotatable bonds is 3. The molecule has 7 heteroatoms. The lowest BCUT2D eigenvalue weighted by molar-refractivity contribution is -0.129. The normalized spacial score (nSPS) is 22.0. The fourth-order valence-electron chi connectivity index (χ4n) is 2.30. The van der Waals surface area contributed by atoms with Crippen LogP contribution in [-0.2, 0) is 9.59 Å². The van der Waals surface area contributed by atoms with Crippen LogP contribution in [0, 0.1) is 5.92 Å². The summed E-state index contributed by atoms with van der Waals surface area (Å²) in [6.07, 6.45) is 3.86. The number of carbonyl (C=O) groups is 2. The first-order chi connectivity index (χ1) is 8.93. The van der Waals surface area contributed by atoms with Gasteiger partial charge in [-0.2, -0.15) is 0 Å². The molecule has 0 aliphatic carbocycles. The predicted octanol–water partition coefficient (Wildman–Crippen LogP) is 3.57. The van der Waals surface area contributed by atoms with Crippen molar-refractivity contribution in [3.8, 4) is 0 Å². The minimum atomic E-state index is -1.02. The number of hydrogen-bond donors (Lipinski definition) is 0. The Morgan fingerprint density at radius 3 is 2.05 bits per heavy atom. The third-order valence-corrected chi connectivity index (χ3v) is 4.13. The smallest absolute Gasteiger partial charge is 0.255 e. The summed E-state index contributed by atoms with van der Waals surface area (Å²) in [4.78, 5) is 23.2. The van der Waals surface area contributed by atoms with Gasteiger partial charge in [-0.25, -0.2) is 0 Å². The number of alkyl halides is 4. The van der Waals surface area contributed by atoms with Crippen LogP contribution in [0.3, 0.4) is 0 Å². The average molecular weight is 349 g/mol. The SMILES string of the molecule is O=C(C(Cl)Cl)C1CCCCN(C(=O)C(Cl)Cl)CCC1. The van der Waals surface area contributed by atoms with Gasteiger partial charge in [0.05, 0.1) is 0 Å². The van der Waals surface area contributed by atoms with Crippen molar-refractivity contribution < 1.29 is 9.59 Å². The molecule has 0 N–H and O–H groups in total. The lowest BCUT2D eigenvalue weighted by Gasteiger charge is -2.22. The van der Waals surface area contributed by atoms with E-state index in [1.165, 1.54) is 0 Å². The number of hydrogen-bond acceptors (Lipinski definition) is 2. The van der Waals surface area contributed by atoms with Crippen LogP contribution in [0.5, 0.6) is 0 Å². The molecule has 110 valence electrons. The second-order valence-corrected chi connectivity index (χ2v) is 6.86. The van der Waals surface area contributed by atoms with Crippen LogP contribution in [-0.4, -0.2) is 39.4 Å². The maximum atomic E-state index is 11.8. The Bertz CT molecular complexity index is 293. The Hall–Kier alpha value is 0.300. The largest absolute Gasteiger partial charge is 0.340 e. The van der Waals surface area contributed by atoms with Crippen LogP contribution >= 0.6 is 46.4 Å². The standard InChI is InChI=1S/C12H17Cl4NO2/c13-10(14)9(18)8-4-1-2-6-17(7-3-5-8)12(19)11(15)16/h8,10-11H,1-7H2. The molecule has 1 atom stereocenters. The van der Waals surface area contributed by atoms with Gasteiger partial charge in [-0.15, -0.1) is 0 Å². The molecule has 0 aromatic carbocycles. The van der Waals surface area contributed by atoms with E-state index in [0.29, 0.717) is 19.5 Å². The summed E-state index contributed by atoms with van der Waals surface area (Å²) in [5, 5.41) is 0. The van der Waals surface area contributed by atoms with E-state index in [2.05, 4.69) is 0 Å². The van der Waals surface area contributed by atoms with Crippen LogP contribution in [0.1, 0.15) is 32.1 Å². The summed E-state index contributed by atoms with van der Waals surface area (Å²) >= 11 is 22.5. The second kappa shape index (κ2) is 8.56. The molecule has 1 saturated heterocycles. The number of amides is 1. The fourth-order valence-corrected chi connectivity index (χ4v) is 2.93. The minimum Gasteiger partial charge on any atom is -0.340 e. The van der Waals surface area contributed by atoms with E-state index < -0.39 is 9.67 Å². The van der Waals surface area contributed by atoms with E-state index in [-0.39, 0.29) is 17.6 Å². The Balaban J connectivity index is 2.57. The van der Waals surface area contributed by atoms with Crippen LogP contribution in [0.25, 0.3) is 0 Å². The Morgan fingerprint density at radius 2 is 1.47 bits per heavy atom. The van der Waals surface area contributed by atoms with Gasteiger partial charge in [-0.05, 0) is 25.7 Å². The lowest BCUT2D eigenvalue weighted by Crippen LogP contribution is -2.36. The average Bonchev–Trinajstić information content (AvgIpc) is 2.48. The number of nitrogens with zero attached hydrogens (tertiary/aromatic N) is 1. The van der Waals surface area contributed by atoms with Crippen molar-refractivity contribution in [3.05, 3.63) is 0 Å². The van der Waals surface area contributed by atoms with Crippen molar-refractivity contribution in [2.45, 2.75) is 41.8 Å². The number of carbonyl (C=O) groups excluding carboxylic acids is 2. The van der Waals surface area contributed by atoms with Crippen molar-refractivity contribution >= 4 is 58.1 Å². The molecule has 0 spiro atoms. The highest BCUT2D eigenvalue weighted by Crippen LogP contribution is 2.23. The van der Waals surface area contributed by atoms with Crippen LogP contribution < -0.4 is 0 Å². The molecule has 1 aliphatic heterocycles. The molecule has 1 amide bonds. The van der Waals surface area contributed by atoms with Gasteiger partial charge in [0.25, 0.3) is 5.91 Å². The van der Waals surface area contributed by atoms with E-state index in [1.807, 2.05) is 0 Å². The quantitative estimate of drug-likeness (QED) is 0.731. The third-order valence-electron chi connectivity index (χ3n) is 3.33. The van der Waals surface area contributed by atoms with Gasteiger partial charge >= 0.3 is 0 Å². The third kappa shape index (κ3) is 5.66. The van der Waals surface area contributed by atoms with Crippen molar-refractivity contribution in [2.75, 3.05) is 13.1 Å². The summed E-state index contributed by atoms with van der Waals surface area (Å²) in [6.45, 7) is 1.19. The summed E-state index contributed by atoms with van der Waals surface area (Å²) in [5.41, 5.74) is 0. The highest BCUT2D eigenvalue weighted by atomic mass is 35.5. The van der Waals surface area contributed by atoms with Gasteiger partial charge < -0.3 is 4.90 Å². The van der Waals surface area contributed by atoms with Crippen molar-refractivity contribution in [1.82, 2.24) is 4.90 Å². The zero-order valence-electron chi connectivity index (χ0n) is 10.5. The first-order valence-corrected chi connectivity index (χ1v) is 8.07. The van der Waals surface area contributed by atoms with Crippen LogP contribution in [0.2, 0.25) is 0 Å². The zero-order valence-corrected chi connectivity index (χ0v) is 13.5. The van der Waals surface area contributed by atoms with E-state index in [4.69, 9.17) is 46.4 Å². The molecule has 1 unspecified atom stereocenters. The number of ketones is 1. The summed E-state index contributed by atoms with van der Waals surface area (Å²) in [5.74, 6) is -0.491. The first-order valence-electron chi connectivity index (χ1n) is 6.32. The molecule has 1 fully saturated rings. The van der Waals surface area contributed by atoms with E-state index in [9.17, 15) is 9.59 Å². The molecule has 19 heavy (non-hydrogen) atoms. The Morgan fingerprint density at radius 1 is 0.895 bits per heavy atom. The van der Waals surface area contributed by atoms with E-state index in [0.717, 1.165) is 25.7 Å². The molecule has 1 rings (SSSR count). The monoisotopic (exact) mass is 347 g/mol. The van der Waals surface area contributed by atoms with Gasteiger partial charge in [0.1, 0.15) is 0 Å². The molecule has 0 aromatic rings. The highest BCUT2D eigenvalue weighted by Gasteiger charge is 2.26. The maximum absolute atomic E-state index is 11.8. The molecule has 0 aromatic heterocycles. The van der Waals surface area contributed by atoms with Gasteiger partial charge in [0.2, 0.25) is 0 Å². The minimum absolute atomic E-state index is 0.113. The van der Waals surface area contributed by atoms with Crippen LogP contribution in [0.15, 0.2) is 0 Å². The molecule has 1 aliphatic rings. The number of Topliss-reactive ketones (excluding diaryl/α,β-unsaturated/α-hetero) is 1. The molecule has 0 radical (unpaired) electrons. The molecular weight excluding hydrogens is 332 g/mol. The summed E-state index contributed by atoms with van der Waals surface area (Å²) in [7, 11) is 0. The summed E-state index contributed by atoms with van der Waals surface area (Å²) < 4.78 is 0. The second-order valence-electron chi connectivity index (χ2n) is 4.66. The number of halogens is 4. The van der Waals surface area contributed by atoms with Crippen LogP contribution in [0.4, 0.5) is 0 Å². The first kappa shape index (κ1) is 17.4. The van der Waals surface area contributed by atoms with Gasteiger partial charge in [-0.1, -0.05) is 52.8 Å².